The number of carbonyl (C=O) groups is 1. The van der Waals surface area contributed by atoms with Crippen molar-refractivity contribution in [2.75, 3.05) is 5.32 Å². The Balaban J connectivity index is 1.74. The van der Waals surface area contributed by atoms with Gasteiger partial charge in [0.25, 0.3) is 11.6 Å². The van der Waals surface area contributed by atoms with Gasteiger partial charge in [-0.3, -0.25) is 14.9 Å². The zero-order valence-corrected chi connectivity index (χ0v) is 15.0. The van der Waals surface area contributed by atoms with Gasteiger partial charge in [0.15, 0.2) is 0 Å². The largest absolute Gasteiger partial charge is 0.456 e. The number of nitro benzene ring substituents is 1. The monoisotopic (exact) mass is 400 g/mol. The third-order valence-electron chi connectivity index (χ3n) is 4.10. The van der Waals surface area contributed by atoms with Crippen molar-refractivity contribution >= 4 is 52.1 Å². The summed E-state index contributed by atoms with van der Waals surface area (Å²) in [6.45, 7) is 0. The summed E-state index contributed by atoms with van der Waals surface area (Å²) in [7, 11) is 0. The van der Waals surface area contributed by atoms with Crippen LogP contribution < -0.4 is 5.32 Å². The zero-order valence-electron chi connectivity index (χ0n) is 13.5. The predicted octanol–water partition coefficient (Wildman–Crippen LogP) is 5.65. The SMILES string of the molecule is O=C1Nc2cc(Cl)ccc2/C1=C\c1ccc(-c2ccc(Cl)cc2[N+](=O)[O-])o1. The summed E-state index contributed by atoms with van der Waals surface area (Å²) in [6, 6.07) is 12.7. The van der Waals surface area contributed by atoms with E-state index < -0.39 is 4.92 Å². The Morgan fingerprint density at radius 2 is 1.70 bits per heavy atom. The van der Waals surface area contributed by atoms with Crippen molar-refractivity contribution in [2.45, 2.75) is 0 Å². The maximum atomic E-state index is 12.2. The smallest absolute Gasteiger partial charge is 0.281 e. The molecule has 1 N–H and O–H groups in total. The van der Waals surface area contributed by atoms with Gasteiger partial charge in [0, 0.05) is 21.7 Å². The predicted molar refractivity (Wildman–Crippen MR) is 104 cm³/mol. The zero-order chi connectivity index (χ0) is 19.1. The number of halogens is 2. The van der Waals surface area contributed by atoms with Crippen molar-refractivity contribution in [1.82, 2.24) is 0 Å². The van der Waals surface area contributed by atoms with Crippen molar-refractivity contribution in [3.63, 3.8) is 0 Å². The van der Waals surface area contributed by atoms with Crippen LogP contribution in [0.2, 0.25) is 10.0 Å². The Hall–Kier alpha value is -3.09. The van der Waals surface area contributed by atoms with Gasteiger partial charge >= 0.3 is 0 Å². The molecule has 2 aromatic carbocycles. The molecular formula is C19H10Cl2N2O4. The second-order valence-corrected chi connectivity index (χ2v) is 6.70. The molecule has 0 fully saturated rings. The molecule has 1 aliphatic rings. The molecule has 0 atom stereocenters. The van der Waals surface area contributed by atoms with E-state index in [4.69, 9.17) is 27.6 Å². The number of hydrogen-bond acceptors (Lipinski definition) is 4. The Labute approximate surface area is 163 Å². The number of fused-ring (bicyclic) bond motifs is 1. The highest BCUT2D eigenvalue weighted by Crippen LogP contribution is 2.37. The van der Waals surface area contributed by atoms with Gasteiger partial charge in [-0.2, -0.15) is 0 Å². The van der Waals surface area contributed by atoms with Gasteiger partial charge in [-0.25, -0.2) is 0 Å². The van der Waals surface area contributed by atoms with Gasteiger partial charge in [0.2, 0.25) is 0 Å². The second kappa shape index (κ2) is 6.57. The summed E-state index contributed by atoms with van der Waals surface area (Å²) < 4.78 is 5.72. The Morgan fingerprint density at radius 3 is 2.44 bits per heavy atom. The molecule has 0 aliphatic carbocycles. The fraction of sp³-hybridized carbons (Fsp3) is 0. The quantitative estimate of drug-likeness (QED) is 0.349. The molecule has 8 heteroatoms. The minimum atomic E-state index is -0.522. The lowest BCUT2D eigenvalue weighted by molar-refractivity contribution is -0.384. The van der Waals surface area contributed by atoms with Gasteiger partial charge in [-0.05, 0) is 42.5 Å². The van der Waals surface area contributed by atoms with Gasteiger partial charge in [0.05, 0.1) is 21.7 Å². The van der Waals surface area contributed by atoms with E-state index in [1.165, 1.54) is 12.1 Å². The maximum Gasteiger partial charge on any atom is 0.281 e. The molecule has 3 aromatic rings. The molecule has 134 valence electrons. The lowest BCUT2D eigenvalue weighted by Gasteiger charge is -2.00. The highest BCUT2D eigenvalue weighted by molar-refractivity contribution is 6.36. The van der Waals surface area contributed by atoms with Crippen LogP contribution in [0, 0.1) is 10.1 Å². The minimum absolute atomic E-state index is 0.158. The molecule has 1 aliphatic heterocycles. The molecule has 0 unspecified atom stereocenters. The van der Waals surface area contributed by atoms with E-state index in [1.807, 2.05) is 0 Å². The van der Waals surface area contributed by atoms with Crippen LogP contribution >= 0.6 is 23.2 Å². The molecule has 0 spiro atoms. The first-order valence-corrected chi connectivity index (χ1v) is 8.55. The van der Waals surface area contributed by atoms with Gasteiger partial charge in [0.1, 0.15) is 11.5 Å². The Kier molecular flexibility index (Phi) is 4.22. The van der Waals surface area contributed by atoms with Crippen LogP contribution in [0.1, 0.15) is 11.3 Å². The number of nitrogens with zero attached hydrogens (tertiary/aromatic N) is 1. The summed E-state index contributed by atoms with van der Waals surface area (Å²) in [5.41, 5.74) is 1.90. The normalized spacial score (nSPS) is 14.3. The number of rotatable bonds is 3. The summed E-state index contributed by atoms with van der Waals surface area (Å²) in [4.78, 5) is 23.0. The van der Waals surface area contributed by atoms with Crippen LogP contribution in [0.5, 0.6) is 0 Å². The maximum absolute atomic E-state index is 12.2. The van der Waals surface area contributed by atoms with Gasteiger partial charge in [-0.15, -0.1) is 0 Å². The third kappa shape index (κ3) is 3.20. The first kappa shape index (κ1) is 17.3. The number of nitro groups is 1. The van der Waals surface area contributed by atoms with Crippen molar-refractivity contribution in [2.24, 2.45) is 0 Å². The van der Waals surface area contributed by atoms with Gasteiger partial charge in [-0.1, -0.05) is 29.3 Å². The van der Waals surface area contributed by atoms with E-state index in [9.17, 15) is 14.9 Å². The van der Waals surface area contributed by atoms with E-state index in [1.54, 1.807) is 42.5 Å². The van der Waals surface area contributed by atoms with E-state index in [2.05, 4.69) is 5.32 Å². The minimum Gasteiger partial charge on any atom is -0.456 e. The molecule has 0 saturated heterocycles. The number of hydrogen-bond donors (Lipinski definition) is 1. The van der Waals surface area contributed by atoms with Crippen LogP contribution in [0.3, 0.4) is 0 Å². The summed E-state index contributed by atoms with van der Waals surface area (Å²) in [5.74, 6) is 0.421. The number of benzene rings is 2. The van der Waals surface area contributed by atoms with Crippen LogP contribution in [-0.4, -0.2) is 10.8 Å². The van der Waals surface area contributed by atoms with Crippen molar-refractivity contribution in [3.8, 4) is 11.3 Å². The molecule has 27 heavy (non-hydrogen) atoms. The molecule has 6 nitrogen and oxygen atoms in total. The van der Waals surface area contributed by atoms with Crippen LogP contribution in [0.4, 0.5) is 11.4 Å². The summed E-state index contributed by atoms with van der Waals surface area (Å²) >= 11 is 11.8. The number of furan rings is 1. The van der Waals surface area contributed by atoms with E-state index in [0.29, 0.717) is 38.9 Å². The fourth-order valence-corrected chi connectivity index (χ4v) is 3.23. The Bertz CT molecular complexity index is 1130. The van der Waals surface area contributed by atoms with Crippen molar-refractivity contribution in [1.29, 1.82) is 0 Å². The van der Waals surface area contributed by atoms with Crippen molar-refractivity contribution < 1.29 is 14.1 Å². The number of nitrogens with one attached hydrogen (secondary N) is 1. The second-order valence-electron chi connectivity index (χ2n) is 5.82. The van der Waals surface area contributed by atoms with Crippen LogP contribution in [-0.2, 0) is 4.79 Å². The lowest BCUT2D eigenvalue weighted by atomic mass is 10.1. The lowest BCUT2D eigenvalue weighted by Crippen LogP contribution is -2.03. The third-order valence-corrected chi connectivity index (χ3v) is 4.57. The first-order valence-electron chi connectivity index (χ1n) is 7.79. The molecule has 0 saturated carbocycles. The van der Waals surface area contributed by atoms with Crippen LogP contribution in [0.15, 0.2) is 52.9 Å². The van der Waals surface area contributed by atoms with E-state index in [-0.39, 0.29) is 16.6 Å². The number of anilines is 1. The molecule has 1 aromatic heterocycles. The van der Waals surface area contributed by atoms with Gasteiger partial charge < -0.3 is 9.73 Å². The first-order chi connectivity index (χ1) is 12.9. The molecule has 0 bridgehead atoms. The molecular weight excluding hydrogens is 391 g/mol. The topological polar surface area (TPSA) is 85.4 Å². The average molecular weight is 401 g/mol. The molecule has 4 rings (SSSR count). The number of amides is 1. The fourth-order valence-electron chi connectivity index (χ4n) is 2.89. The van der Waals surface area contributed by atoms with Crippen LogP contribution in [0.25, 0.3) is 23.0 Å². The molecule has 1 amide bonds. The van der Waals surface area contributed by atoms with E-state index in [0.717, 1.165) is 0 Å². The average Bonchev–Trinajstić information content (AvgIpc) is 3.20. The highest BCUT2D eigenvalue weighted by Gasteiger charge is 2.25. The van der Waals surface area contributed by atoms with Crippen molar-refractivity contribution in [3.05, 3.63) is 80.0 Å². The molecule has 2 heterocycles. The Morgan fingerprint density at radius 1 is 1.00 bits per heavy atom. The highest BCUT2D eigenvalue weighted by atomic mass is 35.5. The standard InChI is InChI=1S/C19H10Cl2N2O4/c20-10-1-4-13-15(19(24)22-16(13)7-10)9-12-3-6-18(27-12)14-5-2-11(21)8-17(14)23(25)26/h1-9H,(H,22,24)/b15-9+. The summed E-state index contributed by atoms with van der Waals surface area (Å²) in [6.07, 6.45) is 1.58. The summed E-state index contributed by atoms with van der Waals surface area (Å²) in [5, 5.41) is 14.8. The molecule has 0 radical (unpaired) electrons. The number of carbonyl (C=O) groups excluding carboxylic acids is 1. The van der Waals surface area contributed by atoms with E-state index >= 15 is 0 Å².